The normalized spacial score (nSPS) is 36.1. The Morgan fingerprint density at radius 3 is 2.43 bits per heavy atom. The summed E-state index contributed by atoms with van der Waals surface area (Å²) in [4.78, 5) is 11.1. The molecule has 1 nitrogen and oxygen atoms in total. The van der Waals surface area contributed by atoms with Gasteiger partial charge in [0.1, 0.15) is 6.29 Å². The molecule has 1 aliphatic carbocycles. The Kier molecular flexibility index (Phi) is 2.98. The molecular formula is C13H20O. The molecule has 0 amide bonds. The lowest BCUT2D eigenvalue weighted by Crippen LogP contribution is -2.34. The van der Waals surface area contributed by atoms with Crippen LogP contribution in [-0.4, -0.2) is 6.29 Å². The van der Waals surface area contributed by atoms with Gasteiger partial charge in [-0.1, -0.05) is 45.6 Å². The first-order valence-electron chi connectivity index (χ1n) is 5.23. The van der Waals surface area contributed by atoms with Crippen molar-refractivity contribution in [2.75, 3.05) is 0 Å². The first-order chi connectivity index (χ1) is 6.48. The second kappa shape index (κ2) is 3.72. The van der Waals surface area contributed by atoms with Crippen molar-refractivity contribution in [1.82, 2.24) is 0 Å². The van der Waals surface area contributed by atoms with Gasteiger partial charge in [0.25, 0.3) is 0 Å². The van der Waals surface area contributed by atoms with Crippen molar-refractivity contribution < 1.29 is 4.79 Å². The molecule has 0 aromatic heterocycles. The maximum atomic E-state index is 11.1. The van der Waals surface area contributed by atoms with Crippen molar-refractivity contribution in [3.8, 4) is 0 Å². The van der Waals surface area contributed by atoms with E-state index in [0.29, 0.717) is 5.92 Å². The van der Waals surface area contributed by atoms with E-state index < -0.39 is 0 Å². The molecule has 0 aliphatic heterocycles. The van der Waals surface area contributed by atoms with Crippen LogP contribution in [0.5, 0.6) is 0 Å². The van der Waals surface area contributed by atoms with Gasteiger partial charge in [0, 0.05) is 5.41 Å². The van der Waals surface area contributed by atoms with E-state index in [1.807, 2.05) is 6.08 Å². The van der Waals surface area contributed by atoms with E-state index in [1.54, 1.807) is 6.08 Å². The smallest absolute Gasteiger partial charge is 0.126 e. The van der Waals surface area contributed by atoms with Gasteiger partial charge in [-0.3, -0.25) is 0 Å². The summed E-state index contributed by atoms with van der Waals surface area (Å²) in [5.74, 6) is 0.496. The van der Waals surface area contributed by atoms with Crippen molar-refractivity contribution in [2.24, 2.45) is 16.7 Å². The molecule has 0 spiro atoms. The van der Waals surface area contributed by atoms with Crippen LogP contribution in [0.1, 0.15) is 33.6 Å². The number of hydrogen-bond donors (Lipinski definition) is 0. The number of allylic oxidation sites excluding steroid dienone is 3. The van der Waals surface area contributed by atoms with Gasteiger partial charge in [-0.05, 0) is 24.2 Å². The maximum absolute atomic E-state index is 11.1. The molecule has 78 valence electrons. The summed E-state index contributed by atoms with van der Waals surface area (Å²) in [7, 11) is 0. The van der Waals surface area contributed by atoms with E-state index in [0.717, 1.165) is 19.1 Å². The summed E-state index contributed by atoms with van der Waals surface area (Å²) in [6.07, 6.45) is 9.20. The number of carbonyl (C=O) groups is 1. The standard InChI is InChI=1S/C13H20O/c1-5-6-7-11-8-9-13(4,10-14)12(11,2)3/h5-7,10-11H,1,8-9H2,2-4H3/b7-6+/t11-,13-/m1/s1. The van der Waals surface area contributed by atoms with Gasteiger partial charge in [-0.2, -0.15) is 0 Å². The minimum atomic E-state index is -0.164. The number of aldehydes is 1. The van der Waals surface area contributed by atoms with Crippen LogP contribution in [0.15, 0.2) is 24.8 Å². The molecule has 1 aliphatic rings. The van der Waals surface area contributed by atoms with E-state index in [2.05, 4.69) is 33.4 Å². The molecule has 0 saturated heterocycles. The molecule has 1 heteroatoms. The van der Waals surface area contributed by atoms with Crippen LogP contribution in [0, 0.1) is 16.7 Å². The van der Waals surface area contributed by atoms with Crippen LogP contribution in [0.25, 0.3) is 0 Å². The SMILES string of the molecule is C=C/C=C/[C@@H]1CC[C@](C)(C=O)C1(C)C. The molecule has 1 fully saturated rings. The Hall–Kier alpha value is -0.850. The largest absolute Gasteiger partial charge is 0.303 e. The second-order valence-electron chi connectivity index (χ2n) is 5.02. The Morgan fingerprint density at radius 1 is 1.36 bits per heavy atom. The predicted octanol–water partition coefficient (Wildman–Crippen LogP) is 3.37. The van der Waals surface area contributed by atoms with Crippen molar-refractivity contribution in [3.63, 3.8) is 0 Å². The molecule has 1 saturated carbocycles. The van der Waals surface area contributed by atoms with Crippen LogP contribution < -0.4 is 0 Å². The summed E-state index contributed by atoms with van der Waals surface area (Å²) in [5.41, 5.74) is -0.0998. The van der Waals surface area contributed by atoms with E-state index in [1.165, 1.54) is 0 Å². The van der Waals surface area contributed by atoms with Crippen molar-refractivity contribution >= 4 is 6.29 Å². The Bertz CT molecular complexity index is 262. The van der Waals surface area contributed by atoms with Gasteiger partial charge in [-0.15, -0.1) is 0 Å². The van der Waals surface area contributed by atoms with Gasteiger partial charge in [0.2, 0.25) is 0 Å². The molecule has 0 N–H and O–H groups in total. The number of rotatable bonds is 3. The molecular weight excluding hydrogens is 172 g/mol. The van der Waals surface area contributed by atoms with E-state index in [4.69, 9.17) is 0 Å². The average molecular weight is 192 g/mol. The van der Waals surface area contributed by atoms with Crippen LogP contribution in [0.3, 0.4) is 0 Å². The predicted molar refractivity (Wildman–Crippen MR) is 60.0 cm³/mol. The van der Waals surface area contributed by atoms with E-state index in [9.17, 15) is 4.79 Å². The minimum absolute atomic E-state index is 0.0637. The van der Waals surface area contributed by atoms with E-state index in [-0.39, 0.29) is 10.8 Å². The Labute approximate surface area is 86.9 Å². The fourth-order valence-electron chi connectivity index (χ4n) is 2.32. The zero-order valence-electron chi connectivity index (χ0n) is 9.42. The van der Waals surface area contributed by atoms with Crippen molar-refractivity contribution in [3.05, 3.63) is 24.8 Å². The van der Waals surface area contributed by atoms with Gasteiger partial charge in [-0.25, -0.2) is 0 Å². The highest BCUT2D eigenvalue weighted by Crippen LogP contribution is 2.55. The highest BCUT2D eigenvalue weighted by atomic mass is 16.1. The molecule has 14 heavy (non-hydrogen) atoms. The fraction of sp³-hybridized carbons (Fsp3) is 0.615. The molecule has 0 aromatic carbocycles. The summed E-state index contributed by atoms with van der Waals surface area (Å²) < 4.78 is 0. The lowest BCUT2D eigenvalue weighted by molar-refractivity contribution is -0.120. The van der Waals surface area contributed by atoms with Gasteiger partial charge >= 0.3 is 0 Å². The summed E-state index contributed by atoms with van der Waals surface area (Å²) in [6, 6.07) is 0. The highest BCUT2D eigenvalue weighted by Gasteiger charge is 2.50. The average Bonchev–Trinajstić information content (AvgIpc) is 2.37. The lowest BCUT2D eigenvalue weighted by Gasteiger charge is -2.36. The fourth-order valence-corrected chi connectivity index (χ4v) is 2.32. The topological polar surface area (TPSA) is 17.1 Å². The third-order valence-corrected chi connectivity index (χ3v) is 4.11. The second-order valence-corrected chi connectivity index (χ2v) is 5.02. The number of carbonyl (C=O) groups excluding carboxylic acids is 1. The minimum Gasteiger partial charge on any atom is -0.303 e. The monoisotopic (exact) mass is 192 g/mol. The molecule has 0 heterocycles. The molecule has 0 bridgehead atoms. The third kappa shape index (κ3) is 1.56. The molecule has 0 radical (unpaired) electrons. The van der Waals surface area contributed by atoms with Gasteiger partial charge in [0.15, 0.2) is 0 Å². The van der Waals surface area contributed by atoms with Crippen LogP contribution in [0.2, 0.25) is 0 Å². The third-order valence-electron chi connectivity index (χ3n) is 4.11. The summed E-state index contributed by atoms with van der Waals surface area (Å²) in [5, 5.41) is 0. The van der Waals surface area contributed by atoms with Gasteiger partial charge < -0.3 is 4.79 Å². The Balaban J connectivity index is 2.91. The zero-order chi connectivity index (χ0) is 10.8. The highest BCUT2D eigenvalue weighted by molar-refractivity contribution is 5.61. The zero-order valence-corrected chi connectivity index (χ0v) is 9.42. The van der Waals surface area contributed by atoms with Crippen molar-refractivity contribution in [1.29, 1.82) is 0 Å². The molecule has 2 atom stereocenters. The first-order valence-corrected chi connectivity index (χ1v) is 5.23. The van der Waals surface area contributed by atoms with Crippen LogP contribution >= 0.6 is 0 Å². The maximum Gasteiger partial charge on any atom is 0.126 e. The van der Waals surface area contributed by atoms with E-state index >= 15 is 0 Å². The van der Waals surface area contributed by atoms with Crippen LogP contribution in [0.4, 0.5) is 0 Å². The number of hydrogen-bond acceptors (Lipinski definition) is 1. The van der Waals surface area contributed by atoms with Gasteiger partial charge in [0.05, 0.1) is 0 Å². The summed E-state index contributed by atoms with van der Waals surface area (Å²) in [6.45, 7) is 10.1. The first kappa shape index (κ1) is 11.2. The molecule has 0 unspecified atom stereocenters. The lowest BCUT2D eigenvalue weighted by atomic mass is 9.66. The summed E-state index contributed by atoms with van der Waals surface area (Å²) >= 11 is 0. The molecule has 1 rings (SSSR count). The van der Waals surface area contributed by atoms with Crippen LogP contribution in [-0.2, 0) is 4.79 Å². The quantitative estimate of drug-likeness (QED) is 0.495. The Morgan fingerprint density at radius 2 is 2.00 bits per heavy atom. The van der Waals surface area contributed by atoms with Crippen molar-refractivity contribution in [2.45, 2.75) is 33.6 Å². The molecule has 0 aromatic rings.